The molecule has 0 aliphatic heterocycles. The molecule has 124 valence electrons. The van der Waals surface area contributed by atoms with Crippen LogP contribution in [0.5, 0.6) is 0 Å². The van der Waals surface area contributed by atoms with Crippen LogP contribution in [0.25, 0.3) is 11.1 Å². The number of hydrogen-bond acceptors (Lipinski definition) is 0. The summed E-state index contributed by atoms with van der Waals surface area (Å²) in [6.07, 6.45) is -7.69. The standard InChI is InChI=1S/C17H14ClF5/c1-9(2)14-4-3-13(18)8-15(14)10-5-11(16(19)20)7-12(6-10)17(21,22)23/h3-9,16H,1-2H3. The third-order valence-corrected chi connectivity index (χ3v) is 3.72. The molecule has 0 aliphatic rings. The Morgan fingerprint density at radius 1 is 0.957 bits per heavy atom. The van der Waals surface area contributed by atoms with Gasteiger partial charge >= 0.3 is 6.18 Å². The van der Waals surface area contributed by atoms with E-state index >= 15 is 0 Å². The van der Waals surface area contributed by atoms with Gasteiger partial charge in [0.25, 0.3) is 6.43 Å². The minimum atomic E-state index is -4.70. The van der Waals surface area contributed by atoms with Gasteiger partial charge in [-0.05, 0) is 52.9 Å². The molecule has 2 aromatic rings. The summed E-state index contributed by atoms with van der Waals surface area (Å²) in [7, 11) is 0. The van der Waals surface area contributed by atoms with E-state index in [1.54, 1.807) is 12.1 Å². The maximum atomic E-state index is 13.0. The van der Waals surface area contributed by atoms with Crippen LogP contribution in [-0.4, -0.2) is 0 Å². The lowest BCUT2D eigenvalue weighted by molar-refractivity contribution is -0.137. The van der Waals surface area contributed by atoms with Gasteiger partial charge in [0.1, 0.15) is 0 Å². The third-order valence-electron chi connectivity index (χ3n) is 3.48. The molecule has 0 atom stereocenters. The van der Waals surface area contributed by atoms with Gasteiger partial charge in [-0.2, -0.15) is 13.2 Å². The van der Waals surface area contributed by atoms with Crippen molar-refractivity contribution in [3.63, 3.8) is 0 Å². The molecule has 0 aliphatic carbocycles. The largest absolute Gasteiger partial charge is 0.416 e. The van der Waals surface area contributed by atoms with Crippen molar-refractivity contribution in [1.82, 2.24) is 0 Å². The van der Waals surface area contributed by atoms with Crippen molar-refractivity contribution in [3.8, 4) is 11.1 Å². The topological polar surface area (TPSA) is 0 Å². The predicted molar refractivity (Wildman–Crippen MR) is 80.9 cm³/mol. The quantitative estimate of drug-likeness (QED) is 0.519. The fourth-order valence-electron chi connectivity index (χ4n) is 2.38. The molecule has 0 N–H and O–H groups in total. The number of halogens is 6. The lowest BCUT2D eigenvalue weighted by Gasteiger charge is -2.17. The zero-order valence-electron chi connectivity index (χ0n) is 12.4. The number of rotatable bonds is 3. The van der Waals surface area contributed by atoms with Gasteiger partial charge in [0.15, 0.2) is 0 Å². The second-order valence-electron chi connectivity index (χ2n) is 5.53. The monoisotopic (exact) mass is 348 g/mol. The molecule has 0 heterocycles. The van der Waals surface area contributed by atoms with Crippen molar-refractivity contribution in [2.45, 2.75) is 32.4 Å². The first-order chi connectivity index (χ1) is 10.6. The summed E-state index contributed by atoms with van der Waals surface area (Å²) >= 11 is 5.93. The van der Waals surface area contributed by atoms with Crippen molar-refractivity contribution in [3.05, 3.63) is 58.1 Å². The minimum Gasteiger partial charge on any atom is -0.205 e. The minimum absolute atomic E-state index is 0.00631. The highest BCUT2D eigenvalue weighted by atomic mass is 35.5. The first kappa shape index (κ1) is 17.7. The number of hydrogen-bond donors (Lipinski definition) is 0. The van der Waals surface area contributed by atoms with E-state index in [4.69, 9.17) is 11.6 Å². The van der Waals surface area contributed by atoms with Gasteiger partial charge in [-0.3, -0.25) is 0 Å². The van der Waals surface area contributed by atoms with Gasteiger partial charge in [-0.25, -0.2) is 8.78 Å². The fourth-order valence-corrected chi connectivity index (χ4v) is 2.55. The van der Waals surface area contributed by atoms with Crippen LogP contribution in [0.2, 0.25) is 5.02 Å². The molecule has 6 heteroatoms. The number of benzene rings is 2. The number of alkyl halides is 5. The lowest BCUT2D eigenvalue weighted by atomic mass is 9.91. The highest BCUT2D eigenvalue weighted by molar-refractivity contribution is 6.30. The van der Waals surface area contributed by atoms with E-state index in [2.05, 4.69) is 0 Å². The van der Waals surface area contributed by atoms with E-state index in [1.807, 2.05) is 13.8 Å². The Balaban J connectivity index is 2.73. The van der Waals surface area contributed by atoms with Gasteiger partial charge in [0, 0.05) is 10.6 Å². The smallest absolute Gasteiger partial charge is 0.205 e. The Morgan fingerprint density at radius 3 is 2.13 bits per heavy atom. The van der Waals surface area contributed by atoms with E-state index in [1.165, 1.54) is 6.07 Å². The van der Waals surface area contributed by atoms with Crippen LogP contribution < -0.4 is 0 Å². The lowest BCUT2D eigenvalue weighted by Crippen LogP contribution is -2.06. The van der Waals surface area contributed by atoms with Gasteiger partial charge in [0.2, 0.25) is 0 Å². The maximum Gasteiger partial charge on any atom is 0.416 e. The van der Waals surface area contributed by atoms with E-state index in [9.17, 15) is 22.0 Å². The van der Waals surface area contributed by atoms with Crippen molar-refractivity contribution in [2.75, 3.05) is 0 Å². The molecular weight excluding hydrogens is 335 g/mol. The van der Waals surface area contributed by atoms with Crippen LogP contribution in [-0.2, 0) is 6.18 Å². The van der Waals surface area contributed by atoms with Crippen LogP contribution in [0.15, 0.2) is 36.4 Å². The van der Waals surface area contributed by atoms with Crippen LogP contribution in [0.1, 0.15) is 42.9 Å². The predicted octanol–water partition coefficient (Wildman–Crippen LogP) is 7.09. The summed E-state index contributed by atoms with van der Waals surface area (Å²) in [4.78, 5) is 0. The molecular formula is C17H14ClF5. The van der Waals surface area contributed by atoms with Crippen molar-refractivity contribution in [2.24, 2.45) is 0 Å². The Morgan fingerprint density at radius 2 is 1.61 bits per heavy atom. The zero-order valence-corrected chi connectivity index (χ0v) is 13.1. The second kappa shape index (κ2) is 6.48. The van der Waals surface area contributed by atoms with Crippen LogP contribution in [0, 0.1) is 0 Å². The molecule has 0 amide bonds. The van der Waals surface area contributed by atoms with Gasteiger partial charge in [-0.1, -0.05) is 31.5 Å². The Labute approximate surface area is 135 Å². The summed E-state index contributed by atoms with van der Waals surface area (Å²) in [5, 5.41) is 0.334. The molecule has 0 fully saturated rings. The van der Waals surface area contributed by atoms with Gasteiger partial charge in [0.05, 0.1) is 5.56 Å². The molecule has 23 heavy (non-hydrogen) atoms. The molecule has 0 nitrogen and oxygen atoms in total. The normalized spacial score (nSPS) is 12.3. The average Bonchev–Trinajstić information content (AvgIpc) is 2.45. The summed E-state index contributed by atoms with van der Waals surface area (Å²) in [5.41, 5.74) is -0.500. The van der Waals surface area contributed by atoms with Gasteiger partial charge in [-0.15, -0.1) is 0 Å². The van der Waals surface area contributed by atoms with Crippen LogP contribution in [0.3, 0.4) is 0 Å². The van der Waals surface area contributed by atoms with E-state index < -0.39 is 23.7 Å². The summed E-state index contributed by atoms with van der Waals surface area (Å²) in [5.74, 6) is 0.00631. The molecule has 0 radical (unpaired) electrons. The SMILES string of the molecule is CC(C)c1ccc(Cl)cc1-c1cc(C(F)F)cc(C(F)(F)F)c1. The maximum absolute atomic E-state index is 13.0. The fraction of sp³-hybridized carbons (Fsp3) is 0.294. The first-order valence-corrected chi connectivity index (χ1v) is 7.27. The summed E-state index contributed by atoms with van der Waals surface area (Å²) in [6, 6.07) is 7.27. The molecule has 0 saturated heterocycles. The second-order valence-corrected chi connectivity index (χ2v) is 5.96. The van der Waals surface area contributed by atoms with Crippen LogP contribution in [0.4, 0.5) is 22.0 Å². The average molecular weight is 349 g/mol. The van der Waals surface area contributed by atoms with Gasteiger partial charge < -0.3 is 0 Å². The summed E-state index contributed by atoms with van der Waals surface area (Å²) in [6.45, 7) is 3.74. The van der Waals surface area contributed by atoms with E-state index in [-0.39, 0.29) is 11.5 Å². The highest BCUT2D eigenvalue weighted by Crippen LogP contribution is 2.38. The molecule has 0 spiro atoms. The first-order valence-electron chi connectivity index (χ1n) is 6.89. The van der Waals surface area contributed by atoms with Crippen molar-refractivity contribution in [1.29, 1.82) is 0 Å². The molecule has 2 aromatic carbocycles. The van der Waals surface area contributed by atoms with Crippen LogP contribution >= 0.6 is 11.6 Å². The zero-order chi connectivity index (χ0) is 17.4. The Kier molecular flexibility index (Phi) is 4.99. The van der Waals surface area contributed by atoms with E-state index in [0.29, 0.717) is 16.7 Å². The van der Waals surface area contributed by atoms with E-state index in [0.717, 1.165) is 17.7 Å². The molecule has 0 unspecified atom stereocenters. The summed E-state index contributed by atoms with van der Waals surface area (Å²) < 4.78 is 64.9. The Bertz CT molecular complexity index is 705. The molecule has 0 saturated carbocycles. The molecule has 0 bridgehead atoms. The third kappa shape index (κ3) is 4.02. The van der Waals surface area contributed by atoms with Crippen molar-refractivity contribution < 1.29 is 22.0 Å². The van der Waals surface area contributed by atoms with Crippen molar-refractivity contribution >= 4 is 11.6 Å². The highest BCUT2D eigenvalue weighted by Gasteiger charge is 2.32. The molecule has 2 rings (SSSR count). The molecule has 0 aromatic heterocycles. The Hall–Kier alpha value is -1.62.